The van der Waals surface area contributed by atoms with Crippen molar-refractivity contribution in [2.24, 2.45) is 11.3 Å². The standard InChI is InChI=1S/C23H26BrN3O2S2/c1-12-8-14(24)10-16(19(12)29-5)20(28)26-22(30)27-21-17(11-25)15-7-6-13(23(2,3)4)9-18(15)31-21/h8,10,13H,6-7,9H2,1-5H3,(H2,26,27,28,30). The molecule has 1 aliphatic rings. The summed E-state index contributed by atoms with van der Waals surface area (Å²) in [6, 6.07) is 5.91. The maximum Gasteiger partial charge on any atom is 0.261 e. The van der Waals surface area contributed by atoms with Crippen LogP contribution in [0, 0.1) is 29.6 Å². The Morgan fingerprint density at radius 2 is 2.10 bits per heavy atom. The van der Waals surface area contributed by atoms with Crippen molar-refractivity contribution >= 4 is 55.5 Å². The molecule has 0 spiro atoms. The number of hydrogen-bond donors (Lipinski definition) is 2. The molecule has 0 fully saturated rings. The van der Waals surface area contributed by atoms with E-state index in [1.165, 1.54) is 12.0 Å². The number of halogens is 1. The normalized spacial score (nSPS) is 15.6. The summed E-state index contributed by atoms with van der Waals surface area (Å²) >= 11 is 10.4. The first-order chi connectivity index (χ1) is 14.5. The van der Waals surface area contributed by atoms with Crippen LogP contribution in [-0.4, -0.2) is 18.1 Å². The molecule has 5 nitrogen and oxygen atoms in total. The first kappa shape index (κ1) is 23.7. The minimum atomic E-state index is -0.369. The van der Waals surface area contributed by atoms with Crippen molar-refractivity contribution in [2.45, 2.75) is 47.0 Å². The minimum absolute atomic E-state index is 0.159. The van der Waals surface area contributed by atoms with Crippen molar-refractivity contribution in [3.8, 4) is 11.8 Å². The Bertz CT molecular complexity index is 1080. The molecule has 1 heterocycles. The van der Waals surface area contributed by atoms with Crippen LogP contribution in [-0.2, 0) is 12.8 Å². The first-order valence-corrected chi connectivity index (χ1v) is 12.1. The molecule has 1 aromatic carbocycles. The molecule has 1 aliphatic carbocycles. The highest BCUT2D eigenvalue weighted by Gasteiger charge is 2.32. The molecular formula is C23H26BrN3O2S2. The second-order valence-corrected chi connectivity index (χ2v) is 11.3. The monoisotopic (exact) mass is 519 g/mol. The molecular weight excluding hydrogens is 494 g/mol. The summed E-state index contributed by atoms with van der Waals surface area (Å²) in [5, 5.41) is 16.4. The topological polar surface area (TPSA) is 74.2 Å². The van der Waals surface area contributed by atoms with Crippen molar-refractivity contribution in [3.05, 3.63) is 43.7 Å². The van der Waals surface area contributed by atoms with Gasteiger partial charge in [-0.15, -0.1) is 11.3 Å². The Morgan fingerprint density at radius 1 is 1.39 bits per heavy atom. The van der Waals surface area contributed by atoms with Gasteiger partial charge in [0.1, 0.15) is 16.8 Å². The van der Waals surface area contributed by atoms with E-state index in [2.05, 4.69) is 53.4 Å². The highest BCUT2D eigenvalue weighted by atomic mass is 79.9. The number of carbonyl (C=O) groups excluding carboxylic acids is 1. The highest BCUT2D eigenvalue weighted by molar-refractivity contribution is 9.10. The number of amides is 1. The number of anilines is 1. The van der Waals surface area contributed by atoms with Gasteiger partial charge in [-0.3, -0.25) is 10.1 Å². The van der Waals surface area contributed by atoms with Gasteiger partial charge in [0.15, 0.2) is 5.11 Å². The van der Waals surface area contributed by atoms with Gasteiger partial charge in [0.05, 0.1) is 18.2 Å². The van der Waals surface area contributed by atoms with Crippen molar-refractivity contribution in [1.82, 2.24) is 5.32 Å². The SMILES string of the molecule is COc1c(C)cc(Br)cc1C(=O)NC(=S)Nc1sc2c(c1C#N)CCC(C(C)(C)C)C2. The average Bonchev–Trinajstić information content (AvgIpc) is 3.02. The van der Waals surface area contributed by atoms with Crippen LogP contribution in [0.25, 0.3) is 0 Å². The van der Waals surface area contributed by atoms with Crippen molar-refractivity contribution in [2.75, 3.05) is 12.4 Å². The summed E-state index contributed by atoms with van der Waals surface area (Å²) in [6.45, 7) is 8.67. The van der Waals surface area contributed by atoms with E-state index in [9.17, 15) is 10.1 Å². The lowest BCUT2D eigenvalue weighted by molar-refractivity contribution is 0.0974. The predicted octanol–water partition coefficient (Wildman–Crippen LogP) is 5.98. The minimum Gasteiger partial charge on any atom is -0.496 e. The fourth-order valence-corrected chi connectivity index (χ4v) is 6.12. The van der Waals surface area contributed by atoms with Crippen LogP contribution in [0.4, 0.5) is 5.00 Å². The number of ether oxygens (including phenoxy) is 1. The maximum atomic E-state index is 12.8. The van der Waals surface area contributed by atoms with Crippen LogP contribution in [0.5, 0.6) is 5.75 Å². The third-order valence-corrected chi connectivity index (χ3v) is 7.58. The van der Waals surface area contributed by atoms with E-state index in [1.807, 2.05) is 13.0 Å². The van der Waals surface area contributed by atoms with Crippen molar-refractivity contribution in [3.63, 3.8) is 0 Å². The number of fused-ring (bicyclic) bond motifs is 1. The molecule has 1 unspecified atom stereocenters. The van der Waals surface area contributed by atoms with E-state index in [0.717, 1.165) is 34.9 Å². The quantitative estimate of drug-likeness (QED) is 0.488. The average molecular weight is 521 g/mol. The van der Waals surface area contributed by atoms with Crippen LogP contribution < -0.4 is 15.4 Å². The van der Waals surface area contributed by atoms with Crippen LogP contribution in [0.2, 0.25) is 0 Å². The van der Waals surface area contributed by atoms with E-state index in [-0.39, 0.29) is 16.4 Å². The number of rotatable bonds is 3. The number of thiocarbonyl (C=S) groups is 1. The van der Waals surface area contributed by atoms with E-state index < -0.39 is 0 Å². The molecule has 1 atom stereocenters. The molecule has 0 bridgehead atoms. The summed E-state index contributed by atoms with van der Waals surface area (Å²) in [4.78, 5) is 14.1. The van der Waals surface area contributed by atoms with Crippen LogP contribution in [0.1, 0.15) is 59.1 Å². The number of nitrogens with one attached hydrogen (secondary N) is 2. The molecule has 2 N–H and O–H groups in total. The largest absolute Gasteiger partial charge is 0.496 e. The summed E-state index contributed by atoms with van der Waals surface area (Å²) in [7, 11) is 1.53. The summed E-state index contributed by atoms with van der Waals surface area (Å²) in [6.07, 6.45) is 2.93. The van der Waals surface area contributed by atoms with Gasteiger partial charge in [-0.1, -0.05) is 36.7 Å². The van der Waals surface area contributed by atoms with Crippen LogP contribution >= 0.6 is 39.5 Å². The number of carbonyl (C=O) groups is 1. The van der Waals surface area contributed by atoms with Gasteiger partial charge < -0.3 is 10.1 Å². The molecule has 1 amide bonds. The van der Waals surface area contributed by atoms with Crippen molar-refractivity contribution in [1.29, 1.82) is 5.26 Å². The Hall–Kier alpha value is -1.95. The second-order valence-electron chi connectivity index (χ2n) is 8.84. The van der Waals surface area contributed by atoms with Gasteiger partial charge in [0, 0.05) is 9.35 Å². The number of aryl methyl sites for hydroxylation is 1. The van der Waals surface area contributed by atoms with Gasteiger partial charge >= 0.3 is 0 Å². The molecule has 1 aromatic heterocycles. The number of nitriles is 1. The molecule has 8 heteroatoms. The molecule has 3 rings (SSSR count). The Kier molecular flexibility index (Phi) is 7.09. The number of hydrogen-bond acceptors (Lipinski definition) is 5. The zero-order valence-corrected chi connectivity index (χ0v) is 21.5. The van der Waals surface area contributed by atoms with Gasteiger partial charge in [-0.2, -0.15) is 5.26 Å². The maximum absolute atomic E-state index is 12.8. The van der Waals surface area contributed by atoms with Crippen LogP contribution in [0.3, 0.4) is 0 Å². The Balaban J connectivity index is 1.79. The van der Waals surface area contributed by atoms with Crippen molar-refractivity contribution < 1.29 is 9.53 Å². The van der Waals surface area contributed by atoms with E-state index in [4.69, 9.17) is 17.0 Å². The summed E-state index contributed by atoms with van der Waals surface area (Å²) in [5.74, 6) is 0.712. The smallest absolute Gasteiger partial charge is 0.261 e. The molecule has 0 radical (unpaired) electrons. The summed E-state index contributed by atoms with van der Waals surface area (Å²) < 4.78 is 6.17. The number of methoxy groups -OCH3 is 1. The highest BCUT2D eigenvalue weighted by Crippen LogP contribution is 2.44. The van der Waals surface area contributed by atoms with E-state index in [0.29, 0.717) is 27.8 Å². The molecule has 0 saturated heterocycles. The van der Waals surface area contributed by atoms with E-state index in [1.54, 1.807) is 17.4 Å². The molecule has 0 saturated carbocycles. The molecule has 164 valence electrons. The van der Waals surface area contributed by atoms with E-state index >= 15 is 0 Å². The predicted molar refractivity (Wildman–Crippen MR) is 133 cm³/mol. The van der Waals surface area contributed by atoms with Gasteiger partial charge in [-0.25, -0.2) is 0 Å². The lowest BCUT2D eigenvalue weighted by Crippen LogP contribution is -2.34. The molecule has 31 heavy (non-hydrogen) atoms. The van der Waals surface area contributed by atoms with Gasteiger partial charge in [-0.05, 0) is 73.0 Å². The second kappa shape index (κ2) is 9.27. The molecule has 0 aliphatic heterocycles. The third kappa shape index (κ3) is 5.11. The lowest BCUT2D eigenvalue weighted by Gasteiger charge is -2.33. The number of benzene rings is 1. The Morgan fingerprint density at radius 3 is 2.71 bits per heavy atom. The summed E-state index contributed by atoms with van der Waals surface area (Å²) in [5.41, 5.74) is 3.21. The Labute approximate surface area is 201 Å². The zero-order chi connectivity index (χ0) is 22.9. The zero-order valence-electron chi connectivity index (χ0n) is 18.3. The third-order valence-electron chi connectivity index (χ3n) is 5.74. The number of thiophene rings is 1. The van der Waals surface area contributed by atoms with Gasteiger partial charge in [0.25, 0.3) is 5.91 Å². The van der Waals surface area contributed by atoms with Gasteiger partial charge in [0.2, 0.25) is 0 Å². The number of nitrogens with zero attached hydrogens (tertiary/aromatic N) is 1. The lowest BCUT2D eigenvalue weighted by atomic mass is 9.72. The molecule has 2 aromatic rings. The fraction of sp³-hybridized carbons (Fsp3) is 0.435. The fourth-order valence-electron chi connectivity index (χ4n) is 4.01. The first-order valence-electron chi connectivity index (χ1n) is 10.1. The van der Waals surface area contributed by atoms with Crippen LogP contribution in [0.15, 0.2) is 16.6 Å².